The lowest BCUT2D eigenvalue weighted by molar-refractivity contribution is -0.168. The highest BCUT2D eigenvalue weighted by molar-refractivity contribution is 6.26. The predicted molar refractivity (Wildman–Crippen MR) is 93.6 cm³/mol. The number of carbonyl (C=O) groups excluding carboxylic acids is 1. The molecular formula is C18H15ClF2N4O2. The second-order valence-electron chi connectivity index (χ2n) is 6.85. The van der Waals surface area contributed by atoms with Crippen molar-refractivity contribution in [2.75, 3.05) is 0 Å². The van der Waals surface area contributed by atoms with Crippen molar-refractivity contribution in [2.24, 2.45) is 5.84 Å². The maximum atomic E-state index is 13.1. The van der Waals surface area contributed by atoms with Crippen LogP contribution in [0, 0.1) is 0 Å². The summed E-state index contributed by atoms with van der Waals surface area (Å²) in [4.78, 5) is 17.5. The maximum Gasteiger partial charge on any atom is 0.347 e. The molecule has 0 saturated carbocycles. The number of imidazole rings is 1. The Hall–Kier alpha value is -2.29. The van der Waals surface area contributed by atoms with E-state index in [2.05, 4.69) is 4.98 Å². The molecule has 27 heavy (non-hydrogen) atoms. The van der Waals surface area contributed by atoms with Crippen LogP contribution < -0.4 is 5.84 Å². The molecule has 2 N–H and O–H groups in total. The van der Waals surface area contributed by atoms with Gasteiger partial charge >= 0.3 is 6.61 Å². The lowest BCUT2D eigenvalue weighted by atomic mass is 9.87. The lowest BCUT2D eigenvalue weighted by Gasteiger charge is -2.36. The van der Waals surface area contributed by atoms with Gasteiger partial charge in [-0.25, -0.2) is 10.8 Å². The van der Waals surface area contributed by atoms with Gasteiger partial charge in [0.25, 0.3) is 5.91 Å². The van der Waals surface area contributed by atoms with E-state index >= 15 is 0 Å². The smallest absolute Gasteiger partial charge is 0.319 e. The zero-order chi connectivity index (χ0) is 18.9. The molecule has 1 amide bonds. The first kappa shape index (κ1) is 16.9. The summed E-state index contributed by atoms with van der Waals surface area (Å²) in [6.07, 6.45) is 3.58. The van der Waals surface area contributed by atoms with Crippen LogP contribution in [0.4, 0.5) is 8.78 Å². The molecule has 0 radical (unpaired) electrons. The van der Waals surface area contributed by atoms with E-state index in [9.17, 15) is 13.6 Å². The fourth-order valence-corrected chi connectivity index (χ4v) is 4.79. The SMILES string of the molecule is NN1C(=O)C2=C([C@H]3C[C@@H]1c1nc4ccccc4n13)C(Cl)(OC(F)F)CC=C2. The normalized spacial score (nSPS) is 29.5. The Morgan fingerprint density at radius 2 is 2.11 bits per heavy atom. The third kappa shape index (κ3) is 2.24. The van der Waals surface area contributed by atoms with Crippen molar-refractivity contribution in [1.82, 2.24) is 14.6 Å². The number of ether oxygens (including phenoxy) is 1. The number of rotatable bonds is 2. The maximum absolute atomic E-state index is 13.1. The molecule has 0 spiro atoms. The topological polar surface area (TPSA) is 73.4 Å². The Bertz CT molecular complexity index is 1030. The number of benzene rings is 1. The number of halogens is 3. The third-order valence-corrected chi connectivity index (χ3v) is 5.89. The summed E-state index contributed by atoms with van der Waals surface area (Å²) in [5.41, 5.74) is 2.10. The minimum atomic E-state index is -3.08. The van der Waals surface area contributed by atoms with E-state index in [0.717, 1.165) is 16.0 Å². The van der Waals surface area contributed by atoms with E-state index in [0.29, 0.717) is 17.8 Å². The molecule has 9 heteroatoms. The van der Waals surface area contributed by atoms with Gasteiger partial charge in [0, 0.05) is 24.0 Å². The Morgan fingerprint density at radius 1 is 1.33 bits per heavy atom. The van der Waals surface area contributed by atoms with Gasteiger partial charge in [0.1, 0.15) is 11.9 Å². The Morgan fingerprint density at radius 3 is 2.89 bits per heavy atom. The highest BCUT2D eigenvalue weighted by Gasteiger charge is 2.52. The average Bonchev–Trinajstić information content (AvgIpc) is 3.13. The van der Waals surface area contributed by atoms with Gasteiger partial charge in [-0.15, -0.1) is 0 Å². The standard InChI is InChI=1S/C18H15ClF2N4O2/c19-18(27-17(20)21)7-3-4-9-14(18)12-8-13(25(22)16(9)26)15-23-10-5-1-2-6-11(10)24(12)15/h1-6,12-13,17H,7-8,22H2/t12-,13-,18?/m1/s1. The first-order chi connectivity index (χ1) is 12.9. The number of alkyl halides is 3. The fraction of sp³-hybridized carbons (Fsp3) is 0.333. The number of amides is 1. The minimum absolute atomic E-state index is 0.0265. The fourth-order valence-electron chi connectivity index (χ4n) is 4.41. The van der Waals surface area contributed by atoms with Crippen molar-refractivity contribution < 1.29 is 18.3 Å². The first-order valence-corrected chi connectivity index (χ1v) is 8.89. The summed E-state index contributed by atoms with van der Waals surface area (Å²) >= 11 is 6.55. The molecule has 0 saturated heterocycles. The molecule has 2 aliphatic heterocycles. The molecule has 1 aliphatic carbocycles. The number of para-hydroxylation sites is 2. The van der Waals surface area contributed by atoms with Crippen molar-refractivity contribution in [2.45, 2.75) is 36.6 Å². The molecule has 0 fully saturated rings. The van der Waals surface area contributed by atoms with Gasteiger partial charge in [0.15, 0.2) is 5.06 Å². The van der Waals surface area contributed by atoms with Gasteiger partial charge in [-0.3, -0.25) is 14.5 Å². The van der Waals surface area contributed by atoms with Crippen LogP contribution in [-0.2, 0) is 9.53 Å². The third-order valence-electron chi connectivity index (χ3n) is 5.45. The number of hydrogen-bond donors (Lipinski definition) is 1. The van der Waals surface area contributed by atoms with Gasteiger partial charge in [-0.2, -0.15) is 8.78 Å². The predicted octanol–water partition coefficient (Wildman–Crippen LogP) is 3.17. The van der Waals surface area contributed by atoms with Crippen LogP contribution in [0.3, 0.4) is 0 Å². The number of hydrogen-bond acceptors (Lipinski definition) is 4. The van der Waals surface area contributed by atoms with Crippen molar-refractivity contribution >= 4 is 28.5 Å². The molecule has 3 heterocycles. The Kier molecular flexibility index (Phi) is 3.50. The van der Waals surface area contributed by atoms with E-state index in [1.807, 2.05) is 28.8 Å². The average molecular weight is 393 g/mol. The van der Waals surface area contributed by atoms with E-state index in [1.54, 1.807) is 12.2 Å². The summed E-state index contributed by atoms with van der Waals surface area (Å²) in [6, 6.07) is 6.56. The van der Waals surface area contributed by atoms with Crippen LogP contribution in [0.15, 0.2) is 47.6 Å². The molecule has 3 atom stereocenters. The summed E-state index contributed by atoms with van der Waals surface area (Å²) in [5.74, 6) is 6.27. The van der Waals surface area contributed by atoms with Crippen molar-refractivity contribution in [3.63, 3.8) is 0 Å². The number of carbonyl (C=O) groups is 1. The number of nitrogens with zero attached hydrogens (tertiary/aromatic N) is 3. The molecule has 2 bridgehead atoms. The molecule has 1 unspecified atom stereocenters. The molecule has 2 aromatic rings. The van der Waals surface area contributed by atoms with Gasteiger partial charge in [-0.1, -0.05) is 35.9 Å². The van der Waals surface area contributed by atoms with E-state index in [-0.39, 0.29) is 12.0 Å². The summed E-state index contributed by atoms with van der Waals surface area (Å²) < 4.78 is 33.0. The summed E-state index contributed by atoms with van der Waals surface area (Å²) in [7, 11) is 0. The van der Waals surface area contributed by atoms with E-state index in [1.165, 1.54) is 0 Å². The Balaban J connectivity index is 1.79. The number of nitrogens with two attached hydrogens (primary N) is 1. The highest BCUT2D eigenvalue weighted by Crippen LogP contribution is 2.53. The van der Waals surface area contributed by atoms with Crippen LogP contribution in [0.2, 0.25) is 0 Å². The van der Waals surface area contributed by atoms with E-state index < -0.39 is 29.7 Å². The molecule has 5 rings (SSSR count). The zero-order valence-electron chi connectivity index (χ0n) is 14.0. The zero-order valence-corrected chi connectivity index (χ0v) is 14.7. The van der Waals surface area contributed by atoms with Crippen LogP contribution in [0.5, 0.6) is 0 Å². The number of fused-ring (bicyclic) bond motifs is 8. The quantitative estimate of drug-likeness (QED) is 0.484. The first-order valence-electron chi connectivity index (χ1n) is 8.52. The molecule has 140 valence electrons. The van der Waals surface area contributed by atoms with Gasteiger partial charge < -0.3 is 4.57 Å². The number of aromatic nitrogens is 2. The van der Waals surface area contributed by atoms with Gasteiger partial charge in [0.05, 0.1) is 17.1 Å². The largest absolute Gasteiger partial charge is 0.347 e. The lowest BCUT2D eigenvalue weighted by Crippen LogP contribution is -2.42. The molecule has 1 aromatic carbocycles. The molecule has 6 nitrogen and oxygen atoms in total. The van der Waals surface area contributed by atoms with E-state index in [4.69, 9.17) is 22.2 Å². The highest BCUT2D eigenvalue weighted by atomic mass is 35.5. The van der Waals surface area contributed by atoms with Gasteiger partial charge in [0.2, 0.25) is 0 Å². The second kappa shape index (κ2) is 5.60. The van der Waals surface area contributed by atoms with Crippen LogP contribution in [0.25, 0.3) is 11.0 Å². The second-order valence-corrected chi connectivity index (χ2v) is 7.46. The summed E-state index contributed by atoms with van der Waals surface area (Å²) in [5, 5.41) is -0.698. The molecular weight excluding hydrogens is 378 g/mol. The minimum Gasteiger partial charge on any atom is -0.319 e. The van der Waals surface area contributed by atoms with Crippen molar-refractivity contribution in [3.05, 3.63) is 53.4 Å². The summed E-state index contributed by atoms with van der Waals surface area (Å²) in [6.45, 7) is -3.08. The van der Waals surface area contributed by atoms with Crippen LogP contribution >= 0.6 is 11.6 Å². The van der Waals surface area contributed by atoms with Crippen LogP contribution in [-0.4, -0.2) is 32.1 Å². The van der Waals surface area contributed by atoms with Crippen molar-refractivity contribution in [3.8, 4) is 0 Å². The Labute approximate surface area is 157 Å². The monoisotopic (exact) mass is 392 g/mol. The molecule has 1 aromatic heterocycles. The number of hydrazine groups is 1. The van der Waals surface area contributed by atoms with Gasteiger partial charge in [-0.05, 0) is 12.1 Å². The van der Waals surface area contributed by atoms with Crippen molar-refractivity contribution in [1.29, 1.82) is 0 Å². The van der Waals surface area contributed by atoms with Crippen LogP contribution in [0.1, 0.15) is 30.7 Å². The molecule has 3 aliphatic rings.